The van der Waals surface area contributed by atoms with Crippen LogP contribution in [0.1, 0.15) is 53.4 Å². The summed E-state index contributed by atoms with van der Waals surface area (Å²) in [5.41, 5.74) is -1.68. The summed E-state index contributed by atoms with van der Waals surface area (Å²) < 4.78 is 0. The van der Waals surface area contributed by atoms with Gasteiger partial charge in [0.25, 0.3) is 0 Å². The molecular weight excluding hydrogens is 234 g/mol. The fraction of sp³-hybridized carbons (Fsp3) is 0.846. The van der Waals surface area contributed by atoms with E-state index in [9.17, 15) is 19.8 Å². The summed E-state index contributed by atoms with van der Waals surface area (Å²) in [5.74, 6) is -1.26. The molecule has 0 saturated carbocycles. The number of carbonyl (C=O) groups excluding carboxylic acids is 1. The van der Waals surface area contributed by atoms with E-state index in [-0.39, 0.29) is 18.9 Å². The minimum absolute atomic E-state index is 0.0507. The molecule has 5 nitrogen and oxygen atoms in total. The molecule has 1 unspecified atom stereocenters. The summed E-state index contributed by atoms with van der Waals surface area (Å²) in [4.78, 5) is 23.2. The standard InChI is InChI=1S/C13H25NO4/c1-5-12(4,9-15)14-10(16)8-13(6-2,7-3)11(17)18/h15H,5-9H2,1-4H3,(H,14,16)(H,17,18). The molecule has 0 aliphatic heterocycles. The quantitative estimate of drug-likeness (QED) is 0.617. The van der Waals surface area contributed by atoms with Gasteiger partial charge >= 0.3 is 5.97 Å². The Labute approximate surface area is 109 Å². The highest BCUT2D eigenvalue weighted by molar-refractivity contribution is 5.85. The van der Waals surface area contributed by atoms with E-state index in [0.29, 0.717) is 19.3 Å². The second-order valence-corrected chi connectivity index (χ2v) is 5.09. The number of nitrogens with one attached hydrogen (secondary N) is 1. The van der Waals surface area contributed by atoms with Crippen LogP contribution in [-0.4, -0.2) is 34.2 Å². The van der Waals surface area contributed by atoms with Gasteiger partial charge in [0, 0.05) is 6.42 Å². The van der Waals surface area contributed by atoms with Crippen molar-refractivity contribution in [2.24, 2.45) is 5.41 Å². The number of hydrogen-bond donors (Lipinski definition) is 3. The molecule has 0 spiro atoms. The molecule has 0 aliphatic carbocycles. The van der Waals surface area contributed by atoms with Gasteiger partial charge in [-0.2, -0.15) is 0 Å². The maximum Gasteiger partial charge on any atom is 0.310 e. The third-order valence-corrected chi connectivity index (χ3v) is 3.88. The fourth-order valence-corrected chi connectivity index (χ4v) is 1.81. The van der Waals surface area contributed by atoms with Crippen LogP contribution in [0.5, 0.6) is 0 Å². The molecule has 1 amide bonds. The average Bonchev–Trinajstić information content (AvgIpc) is 2.35. The normalized spacial score (nSPS) is 14.9. The van der Waals surface area contributed by atoms with Gasteiger partial charge < -0.3 is 15.5 Å². The van der Waals surface area contributed by atoms with E-state index in [1.54, 1.807) is 20.8 Å². The van der Waals surface area contributed by atoms with Gasteiger partial charge in [-0.3, -0.25) is 9.59 Å². The Morgan fingerprint density at radius 2 is 1.61 bits per heavy atom. The Bertz CT molecular complexity index is 293. The zero-order chi connectivity index (χ0) is 14.4. The van der Waals surface area contributed by atoms with Gasteiger partial charge in [0.2, 0.25) is 5.91 Å². The lowest BCUT2D eigenvalue weighted by Gasteiger charge is -2.31. The number of carboxylic acid groups (broad SMARTS) is 1. The van der Waals surface area contributed by atoms with Crippen molar-refractivity contribution in [3.05, 3.63) is 0 Å². The van der Waals surface area contributed by atoms with E-state index in [1.165, 1.54) is 0 Å². The van der Waals surface area contributed by atoms with E-state index < -0.39 is 16.9 Å². The van der Waals surface area contributed by atoms with Gasteiger partial charge in [-0.15, -0.1) is 0 Å². The topological polar surface area (TPSA) is 86.6 Å². The molecule has 0 rings (SSSR count). The number of aliphatic carboxylic acids is 1. The molecule has 0 radical (unpaired) electrons. The van der Waals surface area contributed by atoms with Crippen molar-refractivity contribution < 1.29 is 19.8 Å². The Balaban J connectivity index is 4.78. The molecule has 0 saturated heterocycles. The van der Waals surface area contributed by atoms with Crippen LogP contribution in [0.3, 0.4) is 0 Å². The van der Waals surface area contributed by atoms with Gasteiger partial charge in [-0.25, -0.2) is 0 Å². The van der Waals surface area contributed by atoms with Gasteiger partial charge in [0.15, 0.2) is 0 Å². The van der Waals surface area contributed by atoms with Crippen LogP contribution in [0.4, 0.5) is 0 Å². The second-order valence-electron chi connectivity index (χ2n) is 5.09. The van der Waals surface area contributed by atoms with Gasteiger partial charge in [0.05, 0.1) is 17.6 Å². The monoisotopic (exact) mass is 259 g/mol. The molecule has 3 N–H and O–H groups in total. The first-order valence-corrected chi connectivity index (χ1v) is 6.44. The lowest BCUT2D eigenvalue weighted by atomic mass is 9.79. The van der Waals surface area contributed by atoms with Crippen LogP contribution < -0.4 is 5.32 Å². The predicted molar refractivity (Wildman–Crippen MR) is 69.2 cm³/mol. The minimum Gasteiger partial charge on any atom is -0.481 e. The highest BCUT2D eigenvalue weighted by Crippen LogP contribution is 2.31. The van der Waals surface area contributed by atoms with Crippen molar-refractivity contribution in [2.45, 2.75) is 58.9 Å². The molecule has 18 heavy (non-hydrogen) atoms. The van der Waals surface area contributed by atoms with Crippen LogP contribution in [0.25, 0.3) is 0 Å². The maximum absolute atomic E-state index is 11.9. The molecule has 0 heterocycles. The van der Waals surface area contributed by atoms with Crippen molar-refractivity contribution in [1.29, 1.82) is 0 Å². The Hall–Kier alpha value is -1.10. The van der Waals surface area contributed by atoms with Crippen molar-refractivity contribution >= 4 is 11.9 Å². The van der Waals surface area contributed by atoms with E-state index >= 15 is 0 Å². The summed E-state index contributed by atoms with van der Waals surface area (Å²) in [6.45, 7) is 6.99. The number of rotatable bonds is 8. The van der Waals surface area contributed by atoms with Crippen LogP contribution in [-0.2, 0) is 9.59 Å². The van der Waals surface area contributed by atoms with Crippen molar-refractivity contribution in [2.75, 3.05) is 6.61 Å². The highest BCUT2D eigenvalue weighted by atomic mass is 16.4. The second kappa shape index (κ2) is 6.73. The number of carboxylic acids is 1. The van der Waals surface area contributed by atoms with E-state index in [1.807, 2.05) is 6.92 Å². The molecule has 0 aromatic carbocycles. The first-order valence-electron chi connectivity index (χ1n) is 6.44. The summed E-state index contributed by atoms with van der Waals surface area (Å²) in [6.07, 6.45) is 1.36. The van der Waals surface area contributed by atoms with Crippen LogP contribution in [0.2, 0.25) is 0 Å². The lowest BCUT2D eigenvalue weighted by Crippen LogP contribution is -2.50. The average molecular weight is 259 g/mol. The number of amides is 1. The Morgan fingerprint density at radius 1 is 1.11 bits per heavy atom. The fourth-order valence-electron chi connectivity index (χ4n) is 1.81. The summed E-state index contributed by atoms with van der Waals surface area (Å²) in [6, 6.07) is 0. The van der Waals surface area contributed by atoms with Gasteiger partial charge in [-0.1, -0.05) is 20.8 Å². The van der Waals surface area contributed by atoms with Gasteiger partial charge in [-0.05, 0) is 26.2 Å². The molecule has 0 aliphatic rings. The smallest absolute Gasteiger partial charge is 0.310 e. The first kappa shape index (κ1) is 16.9. The Kier molecular flexibility index (Phi) is 6.32. The molecule has 0 fully saturated rings. The van der Waals surface area contributed by atoms with E-state index in [4.69, 9.17) is 0 Å². The molecule has 0 aromatic heterocycles. The molecule has 0 aromatic rings. The van der Waals surface area contributed by atoms with Crippen molar-refractivity contribution in [3.8, 4) is 0 Å². The molecule has 106 valence electrons. The van der Waals surface area contributed by atoms with Crippen LogP contribution in [0.15, 0.2) is 0 Å². The molecule has 1 atom stereocenters. The summed E-state index contributed by atoms with van der Waals surface area (Å²) in [7, 11) is 0. The SMILES string of the molecule is CCC(C)(CO)NC(=O)CC(CC)(CC)C(=O)O. The molecular formula is C13H25NO4. The highest BCUT2D eigenvalue weighted by Gasteiger charge is 2.38. The first-order chi connectivity index (χ1) is 8.29. The minimum atomic E-state index is -1.01. The predicted octanol–water partition coefficient (Wildman–Crippen LogP) is 1.54. The van der Waals surface area contributed by atoms with E-state index in [0.717, 1.165) is 0 Å². The molecule has 5 heteroatoms. The third kappa shape index (κ3) is 3.98. The summed E-state index contributed by atoms with van der Waals surface area (Å²) in [5, 5.41) is 21.2. The number of aliphatic hydroxyl groups is 1. The number of carbonyl (C=O) groups is 2. The molecule has 0 bridgehead atoms. The van der Waals surface area contributed by atoms with Crippen molar-refractivity contribution in [3.63, 3.8) is 0 Å². The largest absolute Gasteiger partial charge is 0.481 e. The van der Waals surface area contributed by atoms with E-state index in [2.05, 4.69) is 5.32 Å². The van der Waals surface area contributed by atoms with Gasteiger partial charge in [0.1, 0.15) is 0 Å². The zero-order valence-electron chi connectivity index (χ0n) is 11.7. The third-order valence-electron chi connectivity index (χ3n) is 3.88. The summed E-state index contributed by atoms with van der Waals surface area (Å²) >= 11 is 0. The Morgan fingerprint density at radius 3 is 1.89 bits per heavy atom. The number of aliphatic hydroxyl groups excluding tert-OH is 1. The zero-order valence-corrected chi connectivity index (χ0v) is 11.7. The lowest BCUT2D eigenvalue weighted by molar-refractivity contribution is -0.152. The maximum atomic E-state index is 11.9. The van der Waals surface area contributed by atoms with Crippen LogP contribution >= 0.6 is 0 Å². The number of hydrogen-bond acceptors (Lipinski definition) is 3. The van der Waals surface area contributed by atoms with Crippen LogP contribution in [0, 0.1) is 5.41 Å². The van der Waals surface area contributed by atoms with Crippen molar-refractivity contribution in [1.82, 2.24) is 5.32 Å².